The standard InChI is InChI=1S/C11H20N2O3S/c14-11-6-5-9-13(10-11)17(15,16)12-7-3-1-2-4-8-12/h1-10H2. The molecule has 2 fully saturated rings. The van der Waals surface area contributed by atoms with E-state index in [1.165, 1.54) is 4.31 Å². The predicted molar refractivity (Wildman–Crippen MR) is 64.8 cm³/mol. The van der Waals surface area contributed by atoms with Crippen molar-refractivity contribution in [3.63, 3.8) is 0 Å². The molecule has 0 N–H and O–H groups in total. The molecule has 2 aliphatic heterocycles. The van der Waals surface area contributed by atoms with Crippen LogP contribution in [-0.4, -0.2) is 49.0 Å². The molecule has 5 nitrogen and oxygen atoms in total. The average Bonchev–Trinajstić information content (AvgIpc) is 2.58. The number of piperidine rings is 1. The van der Waals surface area contributed by atoms with Gasteiger partial charge in [-0.25, -0.2) is 0 Å². The number of carbonyl (C=O) groups excluding carboxylic acids is 1. The van der Waals surface area contributed by atoms with Crippen molar-refractivity contribution in [2.24, 2.45) is 0 Å². The van der Waals surface area contributed by atoms with Gasteiger partial charge < -0.3 is 0 Å². The van der Waals surface area contributed by atoms with Gasteiger partial charge in [-0.2, -0.15) is 17.0 Å². The highest BCUT2D eigenvalue weighted by molar-refractivity contribution is 7.86. The third kappa shape index (κ3) is 3.05. The van der Waals surface area contributed by atoms with Gasteiger partial charge in [0.05, 0.1) is 6.54 Å². The summed E-state index contributed by atoms with van der Waals surface area (Å²) < 4.78 is 27.6. The summed E-state index contributed by atoms with van der Waals surface area (Å²) >= 11 is 0. The first-order chi connectivity index (χ1) is 8.10. The molecule has 0 amide bonds. The Kier molecular flexibility index (Phi) is 4.17. The van der Waals surface area contributed by atoms with Crippen LogP contribution in [0, 0.1) is 0 Å². The smallest absolute Gasteiger partial charge is 0.282 e. The lowest BCUT2D eigenvalue weighted by atomic mass is 10.1. The third-order valence-corrected chi connectivity index (χ3v) is 5.42. The van der Waals surface area contributed by atoms with Gasteiger partial charge in [0.15, 0.2) is 0 Å². The van der Waals surface area contributed by atoms with Gasteiger partial charge in [-0.3, -0.25) is 4.79 Å². The molecule has 98 valence electrons. The molecule has 0 saturated carbocycles. The largest absolute Gasteiger partial charge is 0.298 e. The van der Waals surface area contributed by atoms with Crippen LogP contribution in [0.15, 0.2) is 0 Å². The summed E-state index contributed by atoms with van der Waals surface area (Å²) in [5.41, 5.74) is 0. The van der Waals surface area contributed by atoms with Crippen molar-refractivity contribution in [3.05, 3.63) is 0 Å². The molecule has 17 heavy (non-hydrogen) atoms. The Hall–Kier alpha value is -0.460. The number of rotatable bonds is 2. The predicted octanol–water partition coefficient (Wildman–Crippen LogP) is 0.772. The highest BCUT2D eigenvalue weighted by atomic mass is 32.2. The first-order valence-electron chi connectivity index (χ1n) is 6.37. The maximum absolute atomic E-state index is 12.3. The fourth-order valence-electron chi connectivity index (χ4n) is 2.44. The number of Topliss-reactive ketones (excluding diaryl/α,β-unsaturated/α-hetero) is 1. The maximum atomic E-state index is 12.3. The van der Waals surface area contributed by atoms with Gasteiger partial charge >= 0.3 is 0 Å². The van der Waals surface area contributed by atoms with Crippen molar-refractivity contribution in [1.82, 2.24) is 8.61 Å². The van der Waals surface area contributed by atoms with Crippen LogP contribution in [0.1, 0.15) is 38.5 Å². The van der Waals surface area contributed by atoms with Crippen LogP contribution in [0.25, 0.3) is 0 Å². The zero-order valence-corrected chi connectivity index (χ0v) is 10.9. The van der Waals surface area contributed by atoms with Gasteiger partial charge in [0.25, 0.3) is 10.2 Å². The molecular formula is C11H20N2O3S. The van der Waals surface area contributed by atoms with Crippen molar-refractivity contribution >= 4 is 16.0 Å². The Bertz CT molecular complexity index is 372. The molecule has 2 aliphatic rings. The number of ketones is 1. The minimum Gasteiger partial charge on any atom is -0.298 e. The fraction of sp³-hybridized carbons (Fsp3) is 0.909. The van der Waals surface area contributed by atoms with E-state index in [0.29, 0.717) is 32.5 Å². The van der Waals surface area contributed by atoms with Crippen LogP contribution in [0.2, 0.25) is 0 Å². The van der Waals surface area contributed by atoms with Crippen LogP contribution >= 0.6 is 0 Å². The fourth-order valence-corrected chi connectivity index (χ4v) is 4.15. The zero-order chi connectivity index (χ0) is 12.3. The highest BCUT2D eigenvalue weighted by Gasteiger charge is 2.32. The molecule has 0 unspecified atom stereocenters. The average molecular weight is 260 g/mol. The monoisotopic (exact) mass is 260 g/mol. The molecule has 0 spiro atoms. The van der Waals surface area contributed by atoms with Crippen molar-refractivity contribution in [2.45, 2.75) is 38.5 Å². The molecule has 2 heterocycles. The van der Waals surface area contributed by atoms with Crippen molar-refractivity contribution < 1.29 is 13.2 Å². The molecule has 0 bridgehead atoms. The lowest BCUT2D eigenvalue weighted by Gasteiger charge is -2.30. The Morgan fingerprint density at radius 3 is 2.00 bits per heavy atom. The second kappa shape index (κ2) is 5.46. The second-order valence-corrected chi connectivity index (χ2v) is 6.73. The molecule has 0 aromatic heterocycles. The van der Waals surface area contributed by atoms with Gasteiger partial charge in [-0.05, 0) is 19.3 Å². The SMILES string of the molecule is O=C1CCCN(S(=O)(=O)N2CCCCCC2)C1. The topological polar surface area (TPSA) is 57.7 Å². The maximum Gasteiger partial charge on any atom is 0.282 e. The minimum absolute atomic E-state index is 0.0367. The summed E-state index contributed by atoms with van der Waals surface area (Å²) in [6.45, 7) is 1.77. The summed E-state index contributed by atoms with van der Waals surface area (Å²) in [5, 5.41) is 0. The summed E-state index contributed by atoms with van der Waals surface area (Å²) in [5.74, 6) is 0.0367. The van der Waals surface area contributed by atoms with E-state index in [4.69, 9.17) is 0 Å². The van der Waals surface area contributed by atoms with Crippen molar-refractivity contribution in [3.8, 4) is 0 Å². The Labute approximate surface area is 103 Å². The van der Waals surface area contributed by atoms with E-state index in [0.717, 1.165) is 25.7 Å². The summed E-state index contributed by atoms with van der Waals surface area (Å²) in [4.78, 5) is 11.3. The summed E-state index contributed by atoms with van der Waals surface area (Å²) in [7, 11) is -3.40. The molecule has 0 aromatic carbocycles. The van der Waals surface area contributed by atoms with Gasteiger partial charge in [-0.1, -0.05) is 12.8 Å². The van der Waals surface area contributed by atoms with E-state index in [9.17, 15) is 13.2 Å². The first-order valence-corrected chi connectivity index (χ1v) is 7.77. The number of hydrogen-bond acceptors (Lipinski definition) is 3. The molecule has 0 radical (unpaired) electrons. The first kappa shape index (κ1) is 13.0. The van der Waals surface area contributed by atoms with E-state index in [1.807, 2.05) is 0 Å². The van der Waals surface area contributed by atoms with E-state index in [-0.39, 0.29) is 12.3 Å². The molecule has 6 heteroatoms. The highest BCUT2D eigenvalue weighted by Crippen LogP contribution is 2.18. The normalized spacial score (nSPS) is 25.8. The number of nitrogens with zero attached hydrogens (tertiary/aromatic N) is 2. The summed E-state index contributed by atoms with van der Waals surface area (Å²) in [6, 6.07) is 0. The molecule has 2 rings (SSSR count). The third-order valence-electron chi connectivity index (χ3n) is 3.43. The number of carbonyl (C=O) groups is 1. The van der Waals surface area contributed by atoms with Crippen molar-refractivity contribution in [1.29, 1.82) is 0 Å². The second-order valence-electron chi connectivity index (χ2n) is 4.80. The summed E-state index contributed by atoms with van der Waals surface area (Å²) in [6.07, 6.45) is 5.25. The van der Waals surface area contributed by atoms with Gasteiger partial charge in [0.1, 0.15) is 5.78 Å². The molecule has 2 saturated heterocycles. The zero-order valence-electron chi connectivity index (χ0n) is 10.1. The van der Waals surface area contributed by atoms with Gasteiger partial charge in [0.2, 0.25) is 0 Å². The molecule has 0 aromatic rings. The van der Waals surface area contributed by atoms with E-state index in [2.05, 4.69) is 0 Å². The van der Waals surface area contributed by atoms with E-state index >= 15 is 0 Å². The van der Waals surface area contributed by atoms with Crippen LogP contribution in [0.3, 0.4) is 0 Å². The van der Waals surface area contributed by atoms with E-state index < -0.39 is 10.2 Å². The Balaban J connectivity index is 2.08. The Morgan fingerprint density at radius 2 is 1.41 bits per heavy atom. The van der Waals surface area contributed by atoms with Gasteiger partial charge in [0, 0.05) is 26.1 Å². The van der Waals surface area contributed by atoms with Crippen LogP contribution < -0.4 is 0 Å². The molecular weight excluding hydrogens is 240 g/mol. The van der Waals surface area contributed by atoms with Crippen LogP contribution in [0.5, 0.6) is 0 Å². The minimum atomic E-state index is -3.40. The van der Waals surface area contributed by atoms with Crippen LogP contribution in [-0.2, 0) is 15.0 Å². The number of hydrogen-bond donors (Lipinski definition) is 0. The van der Waals surface area contributed by atoms with Gasteiger partial charge in [-0.15, -0.1) is 0 Å². The van der Waals surface area contributed by atoms with E-state index in [1.54, 1.807) is 4.31 Å². The lowest BCUT2D eigenvalue weighted by molar-refractivity contribution is -0.120. The quantitative estimate of drug-likeness (QED) is 0.737. The molecule has 0 aliphatic carbocycles. The molecule has 0 atom stereocenters. The van der Waals surface area contributed by atoms with Crippen LogP contribution in [0.4, 0.5) is 0 Å². The Morgan fingerprint density at radius 1 is 0.824 bits per heavy atom. The lowest BCUT2D eigenvalue weighted by Crippen LogP contribution is -2.48. The van der Waals surface area contributed by atoms with Crippen molar-refractivity contribution in [2.75, 3.05) is 26.2 Å².